The van der Waals surface area contributed by atoms with Crippen LogP contribution in [0.2, 0.25) is 0 Å². The van der Waals surface area contributed by atoms with E-state index in [1.54, 1.807) is 25.2 Å². The molecule has 0 fully saturated rings. The Morgan fingerprint density at radius 2 is 2.16 bits per heavy atom. The number of guanidine groups is 1. The van der Waals surface area contributed by atoms with Gasteiger partial charge in [0, 0.05) is 35.6 Å². The molecule has 4 rings (SSSR count). The summed E-state index contributed by atoms with van der Waals surface area (Å²) in [5.41, 5.74) is 0.205. The monoisotopic (exact) mass is 443 g/mol. The molecule has 0 bridgehead atoms. The number of carbonyl (C=O) groups excluding carboxylic acids is 1. The minimum atomic E-state index is -4.62. The molecule has 1 atom stereocenters. The van der Waals surface area contributed by atoms with E-state index >= 15 is 0 Å². The van der Waals surface area contributed by atoms with Gasteiger partial charge in [0.2, 0.25) is 5.96 Å². The van der Waals surface area contributed by atoms with Crippen LogP contribution in [0.3, 0.4) is 0 Å². The van der Waals surface area contributed by atoms with Crippen LogP contribution >= 0.6 is 0 Å². The molecule has 10 heteroatoms. The van der Waals surface area contributed by atoms with Crippen molar-refractivity contribution in [3.8, 4) is 0 Å². The number of aliphatic imine (C=N–C) groups is 1. The maximum Gasteiger partial charge on any atom is 0.416 e. The number of aromatic nitrogens is 2. The Morgan fingerprint density at radius 3 is 2.88 bits per heavy atom. The summed E-state index contributed by atoms with van der Waals surface area (Å²) in [6, 6.07) is -0.162. The minimum Gasteiger partial charge on any atom is -0.424 e. The second-order valence-corrected chi connectivity index (χ2v) is 7.22. The number of hydrogen-bond donors (Lipinski definition) is 2. The fourth-order valence-corrected chi connectivity index (χ4v) is 3.79. The molecule has 2 aromatic rings. The van der Waals surface area contributed by atoms with E-state index in [0.29, 0.717) is 29.3 Å². The third kappa shape index (κ3) is 4.08. The zero-order chi connectivity index (χ0) is 22.9. The molecule has 0 radical (unpaired) electrons. The van der Waals surface area contributed by atoms with Crippen molar-refractivity contribution < 1.29 is 22.4 Å². The van der Waals surface area contributed by atoms with Gasteiger partial charge in [0.15, 0.2) is 11.2 Å². The van der Waals surface area contributed by atoms with E-state index in [1.165, 1.54) is 0 Å². The molecule has 2 aromatic heterocycles. The highest BCUT2D eigenvalue weighted by Crippen LogP contribution is 2.41. The zero-order valence-electron chi connectivity index (χ0n) is 17.2. The van der Waals surface area contributed by atoms with E-state index in [-0.39, 0.29) is 35.3 Å². The molecular weight excluding hydrogens is 423 g/mol. The summed E-state index contributed by atoms with van der Waals surface area (Å²) in [5.74, 6) is -0.0973. The number of ketones is 1. The highest BCUT2D eigenvalue weighted by molar-refractivity contribution is 6.03. The van der Waals surface area contributed by atoms with Gasteiger partial charge in [-0.1, -0.05) is 12.7 Å². The van der Waals surface area contributed by atoms with Gasteiger partial charge in [-0.05, 0) is 38.0 Å². The normalized spacial score (nSPS) is 20.1. The lowest BCUT2D eigenvalue weighted by Gasteiger charge is -2.31. The van der Waals surface area contributed by atoms with Crippen molar-refractivity contribution in [2.75, 3.05) is 5.32 Å². The summed E-state index contributed by atoms with van der Waals surface area (Å²) in [4.78, 5) is 25.2. The Bertz CT molecular complexity index is 1260. The van der Waals surface area contributed by atoms with E-state index in [1.807, 2.05) is 0 Å². The van der Waals surface area contributed by atoms with Crippen LogP contribution in [0.1, 0.15) is 43.4 Å². The number of allylic oxidation sites excluding steroid dienone is 2. The molecular formula is C22H20F3N5O2. The SMILES string of the molecule is C=C/C=c1/nc(NC2=NC(c3cnccc3C(F)(F)F)C3=C(CCCC3=O)N2)o/c1=C/C. The highest BCUT2D eigenvalue weighted by Gasteiger charge is 2.40. The molecule has 1 aliphatic heterocycles. The topological polar surface area (TPSA) is 92.4 Å². The number of pyridine rings is 1. The van der Waals surface area contributed by atoms with Gasteiger partial charge in [0.05, 0.1) is 5.56 Å². The lowest BCUT2D eigenvalue weighted by molar-refractivity contribution is -0.138. The molecule has 3 heterocycles. The summed E-state index contributed by atoms with van der Waals surface area (Å²) in [5, 5.41) is 6.45. The quantitative estimate of drug-likeness (QED) is 0.758. The molecule has 1 unspecified atom stereocenters. The number of nitrogens with one attached hydrogen (secondary N) is 2. The van der Waals surface area contributed by atoms with Crippen molar-refractivity contribution in [1.82, 2.24) is 15.3 Å². The number of nitrogens with zero attached hydrogens (tertiary/aromatic N) is 3. The molecule has 0 spiro atoms. The number of hydrogen-bond acceptors (Lipinski definition) is 7. The first-order valence-corrected chi connectivity index (χ1v) is 9.97. The average molecular weight is 443 g/mol. The standard InChI is InChI=1S/C22H20F3N5O2/c1-3-6-14-17(4-2)32-21(28-14)30-20-27-15-7-5-8-16(31)18(15)19(29-20)12-11-26-10-9-13(12)22(23,24)25/h3-4,6,9-11,19H,1,5,7-8H2,2H3,(H2,27,28,29,30)/b14-6+,17-4+. The molecule has 32 heavy (non-hydrogen) atoms. The number of anilines is 1. The van der Waals surface area contributed by atoms with E-state index in [9.17, 15) is 18.0 Å². The predicted molar refractivity (Wildman–Crippen MR) is 113 cm³/mol. The van der Waals surface area contributed by atoms with Gasteiger partial charge in [-0.3, -0.25) is 15.1 Å². The van der Waals surface area contributed by atoms with Gasteiger partial charge in [0.1, 0.15) is 11.4 Å². The Hall–Kier alpha value is -3.69. The van der Waals surface area contributed by atoms with Crippen molar-refractivity contribution in [3.63, 3.8) is 0 Å². The first kappa shape index (κ1) is 21.5. The van der Waals surface area contributed by atoms with Crippen molar-refractivity contribution in [3.05, 3.63) is 64.3 Å². The van der Waals surface area contributed by atoms with Gasteiger partial charge in [-0.25, -0.2) is 4.99 Å². The molecule has 1 aliphatic carbocycles. The Morgan fingerprint density at radius 1 is 1.34 bits per heavy atom. The molecule has 166 valence electrons. The second kappa shape index (κ2) is 8.45. The first-order chi connectivity index (χ1) is 15.3. The van der Waals surface area contributed by atoms with E-state index in [4.69, 9.17) is 4.42 Å². The van der Waals surface area contributed by atoms with Gasteiger partial charge < -0.3 is 9.73 Å². The Kier molecular flexibility index (Phi) is 5.68. The first-order valence-electron chi connectivity index (χ1n) is 9.97. The summed E-state index contributed by atoms with van der Waals surface area (Å²) in [7, 11) is 0. The van der Waals surface area contributed by atoms with Gasteiger partial charge >= 0.3 is 12.2 Å². The van der Waals surface area contributed by atoms with Crippen molar-refractivity contribution in [2.45, 2.75) is 38.4 Å². The van der Waals surface area contributed by atoms with Crippen molar-refractivity contribution in [1.29, 1.82) is 0 Å². The lowest BCUT2D eigenvalue weighted by Crippen LogP contribution is -2.39. The van der Waals surface area contributed by atoms with Crippen LogP contribution < -0.4 is 21.4 Å². The van der Waals surface area contributed by atoms with E-state index < -0.39 is 17.8 Å². The molecule has 2 N–H and O–H groups in total. The maximum atomic E-state index is 13.7. The number of carbonyl (C=O) groups is 1. The lowest BCUT2D eigenvalue weighted by atomic mass is 9.85. The molecule has 0 aromatic carbocycles. The number of oxazole rings is 1. The minimum absolute atomic E-state index is 0.101. The molecule has 7 nitrogen and oxygen atoms in total. The third-order valence-corrected chi connectivity index (χ3v) is 5.15. The summed E-state index contributed by atoms with van der Waals surface area (Å²) >= 11 is 0. The van der Waals surface area contributed by atoms with Crippen molar-refractivity contribution in [2.24, 2.45) is 4.99 Å². The number of alkyl halides is 3. The number of halogens is 3. The van der Waals surface area contributed by atoms with Gasteiger partial charge in [0.25, 0.3) is 0 Å². The fourth-order valence-electron chi connectivity index (χ4n) is 3.79. The summed E-state index contributed by atoms with van der Waals surface area (Å²) < 4.78 is 46.7. The third-order valence-electron chi connectivity index (χ3n) is 5.15. The van der Waals surface area contributed by atoms with Crippen LogP contribution in [0.5, 0.6) is 0 Å². The number of rotatable bonds is 3. The maximum absolute atomic E-state index is 13.7. The average Bonchev–Trinajstić information content (AvgIpc) is 3.14. The molecule has 2 aliphatic rings. The van der Waals surface area contributed by atoms with Crippen LogP contribution in [0.15, 0.2) is 51.8 Å². The van der Waals surface area contributed by atoms with Crippen molar-refractivity contribution >= 4 is 29.9 Å². The van der Waals surface area contributed by atoms with Crippen LogP contribution in [0.25, 0.3) is 12.2 Å². The van der Waals surface area contributed by atoms with Crippen LogP contribution in [-0.2, 0) is 11.0 Å². The van der Waals surface area contributed by atoms with E-state index in [2.05, 4.69) is 32.2 Å². The molecule has 0 amide bonds. The summed E-state index contributed by atoms with van der Waals surface area (Å²) in [6.07, 6.45) is 3.87. The van der Waals surface area contributed by atoms with Gasteiger partial charge in [-0.2, -0.15) is 18.2 Å². The van der Waals surface area contributed by atoms with Crippen LogP contribution in [-0.4, -0.2) is 21.7 Å². The van der Waals surface area contributed by atoms with Gasteiger partial charge in [-0.15, -0.1) is 0 Å². The fraction of sp³-hybridized carbons (Fsp3) is 0.273. The zero-order valence-corrected chi connectivity index (χ0v) is 17.2. The molecule has 0 saturated heterocycles. The van der Waals surface area contributed by atoms with E-state index in [0.717, 1.165) is 18.5 Å². The largest absolute Gasteiger partial charge is 0.424 e. The summed E-state index contributed by atoms with van der Waals surface area (Å²) in [6.45, 7) is 5.42. The molecule has 0 saturated carbocycles. The number of Topliss-reactive ketones (excluding diaryl/α,β-unsaturated/α-hetero) is 1. The van der Waals surface area contributed by atoms with Crippen LogP contribution in [0.4, 0.5) is 19.2 Å². The highest BCUT2D eigenvalue weighted by atomic mass is 19.4. The second-order valence-electron chi connectivity index (χ2n) is 7.22. The predicted octanol–water partition coefficient (Wildman–Crippen LogP) is 2.97. The Balaban J connectivity index is 1.80. The Labute approximate surface area is 181 Å². The smallest absolute Gasteiger partial charge is 0.416 e. The van der Waals surface area contributed by atoms with Crippen LogP contribution in [0, 0.1) is 0 Å².